The topological polar surface area (TPSA) is 64.6 Å². The molecule has 1 amide bonds. The van der Waals surface area contributed by atoms with Gasteiger partial charge >= 0.3 is 18.0 Å². The highest BCUT2D eigenvalue weighted by Gasteiger charge is 2.46. The summed E-state index contributed by atoms with van der Waals surface area (Å²) in [6.45, 7) is -0.994. The third-order valence-electron chi connectivity index (χ3n) is 2.72. The summed E-state index contributed by atoms with van der Waals surface area (Å²) in [4.78, 5) is 22.4. The van der Waals surface area contributed by atoms with Gasteiger partial charge in [-0.3, -0.25) is 0 Å². The van der Waals surface area contributed by atoms with E-state index in [1.54, 1.807) is 0 Å². The Morgan fingerprint density at radius 1 is 1.50 bits per heavy atom. The lowest BCUT2D eigenvalue weighted by molar-refractivity contribution is -0.104. The van der Waals surface area contributed by atoms with Crippen molar-refractivity contribution in [1.29, 1.82) is 0 Å². The fraction of sp³-hybridized carbons (Fsp3) is 0.333. The van der Waals surface area contributed by atoms with Gasteiger partial charge in [0.2, 0.25) is 0 Å². The molecular formula is C12H12ClF2NO4. The van der Waals surface area contributed by atoms with Crippen LogP contribution in [0.2, 0.25) is 0 Å². The summed E-state index contributed by atoms with van der Waals surface area (Å²) >= 11 is 0. The quantitative estimate of drug-likeness (QED) is 0.852. The van der Waals surface area contributed by atoms with Gasteiger partial charge in [0.25, 0.3) is 0 Å². The molecule has 1 heterocycles. The smallest absolute Gasteiger partial charge is 0.408 e. The Morgan fingerprint density at radius 3 is 2.85 bits per heavy atom. The summed E-state index contributed by atoms with van der Waals surface area (Å²) in [7, 11) is 1.19. The molecule has 1 aliphatic heterocycles. The SMILES string of the molecule is COC(=O)c1cccc([C@H]2NC(=O)OCC2(F)F)c1.Cl. The predicted octanol–water partition coefficient (Wildman–Crippen LogP) is 2.31. The number of methoxy groups -OCH3 is 1. The van der Waals surface area contributed by atoms with Crippen molar-refractivity contribution >= 4 is 24.5 Å². The normalized spacial score (nSPS) is 20.1. The molecule has 1 aromatic rings. The van der Waals surface area contributed by atoms with Gasteiger partial charge in [-0.15, -0.1) is 12.4 Å². The lowest BCUT2D eigenvalue weighted by Crippen LogP contribution is -2.49. The van der Waals surface area contributed by atoms with Gasteiger partial charge in [0.1, 0.15) is 6.04 Å². The number of alkyl halides is 2. The molecule has 0 bridgehead atoms. The van der Waals surface area contributed by atoms with Crippen molar-refractivity contribution in [3.05, 3.63) is 35.4 Å². The first-order chi connectivity index (χ1) is 8.94. The molecule has 20 heavy (non-hydrogen) atoms. The molecule has 1 N–H and O–H groups in total. The van der Waals surface area contributed by atoms with Crippen molar-refractivity contribution in [3.8, 4) is 0 Å². The van der Waals surface area contributed by atoms with Crippen LogP contribution in [0.4, 0.5) is 13.6 Å². The Labute approximate surface area is 119 Å². The Hall–Kier alpha value is -1.89. The minimum absolute atomic E-state index is 0. The molecule has 0 spiro atoms. The molecule has 0 saturated carbocycles. The summed E-state index contributed by atoms with van der Waals surface area (Å²) < 4.78 is 36.1. The molecular weight excluding hydrogens is 296 g/mol. The number of nitrogens with one attached hydrogen (secondary N) is 1. The zero-order valence-corrected chi connectivity index (χ0v) is 11.2. The fourth-order valence-electron chi connectivity index (χ4n) is 1.80. The molecule has 0 radical (unpaired) electrons. The first kappa shape index (κ1) is 16.2. The highest BCUT2D eigenvalue weighted by atomic mass is 35.5. The Bertz CT molecular complexity index is 524. The van der Waals surface area contributed by atoms with Crippen molar-refractivity contribution in [2.45, 2.75) is 12.0 Å². The summed E-state index contributed by atoms with van der Waals surface area (Å²) in [6, 6.07) is 4.01. The van der Waals surface area contributed by atoms with Crippen molar-refractivity contribution in [1.82, 2.24) is 5.32 Å². The number of hydrogen-bond donors (Lipinski definition) is 1. The van der Waals surface area contributed by atoms with Crippen molar-refractivity contribution < 1.29 is 27.8 Å². The summed E-state index contributed by atoms with van der Waals surface area (Å²) in [5.74, 6) is -3.88. The van der Waals surface area contributed by atoms with Crippen LogP contribution in [0.15, 0.2) is 24.3 Å². The highest BCUT2D eigenvalue weighted by molar-refractivity contribution is 5.89. The fourth-order valence-corrected chi connectivity index (χ4v) is 1.80. The third-order valence-corrected chi connectivity index (χ3v) is 2.72. The molecule has 0 unspecified atom stereocenters. The van der Waals surface area contributed by atoms with Crippen molar-refractivity contribution in [2.24, 2.45) is 0 Å². The van der Waals surface area contributed by atoms with Crippen LogP contribution in [0, 0.1) is 0 Å². The van der Waals surface area contributed by atoms with E-state index >= 15 is 0 Å². The van der Waals surface area contributed by atoms with Crippen molar-refractivity contribution in [2.75, 3.05) is 13.7 Å². The van der Waals surface area contributed by atoms with Gasteiger partial charge in [0, 0.05) is 0 Å². The lowest BCUT2D eigenvalue weighted by atomic mass is 9.98. The molecule has 0 aromatic heterocycles. The van der Waals surface area contributed by atoms with E-state index in [1.165, 1.54) is 31.4 Å². The molecule has 1 atom stereocenters. The Kier molecular flexibility index (Phi) is 4.88. The Balaban J connectivity index is 0.00000200. The maximum Gasteiger partial charge on any atom is 0.408 e. The van der Waals surface area contributed by atoms with E-state index in [-0.39, 0.29) is 23.5 Å². The minimum Gasteiger partial charge on any atom is -0.465 e. The molecule has 1 fully saturated rings. The van der Waals surface area contributed by atoms with Gasteiger partial charge in [-0.05, 0) is 17.7 Å². The second-order valence-corrected chi connectivity index (χ2v) is 4.03. The van der Waals surface area contributed by atoms with Crippen LogP contribution in [-0.4, -0.2) is 31.7 Å². The van der Waals surface area contributed by atoms with Gasteiger partial charge in [0.05, 0.1) is 12.7 Å². The number of hydrogen-bond acceptors (Lipinski definition) is 4. The summed E-state index contributed by atoms with van der Waals surface area (Å²) in [6.07, 6.45) is -0.917. The number of amides is 1. The molecule has 110 valence electrons. The van der Waals surface area contributed by atoms with Crippen LogP contribution in [0.25, 0.3) is 0 Å². The van der Waals surface area contributed by atoms with Crippen LogP contribution in [0.5, 0.6) is 0 Å². The van der Waals surface area contributed by atoms with Crippen molar-refractivity contribution in [3.63, 3.8) is 0 Å². The maximum absolute atomic E-state index is 13.7. The molecule has 2 rings (SSSR count). The number of rotatable bonds is 2. The largest absolute Gasteiger partial charge is 0.465 e. The lowest BCUT2D eigenvalue weighted by Gasteiger charge is -2.31. The first-order valence-electron chi connectivity index (χ1n) is 5.43. The Morgan fingerprint density at radius 2 is 2.20 bits per heavy atom. The monoisotopic (exact) mass is 307 g/mol. The van der Waals surface area contributed by atoms with Gasteiger partial charge in [-0.2, -0.15) is 0 Å². The number of esters is 1. The number of ether oxygens (including phenoxy) is 2. The van der Waals surface area contributed by atoms with E-state index < -0.39 is 30.6 Å². The van der Waals surface area contributed by atoms with E-state index in [4.69, 9.17) is 0 Å². The predicted molar refractivity (Wildman–Crippen MR) is 67.2 cm³/mol. The van der Waals surface area contributed by atoms with Crippen LogP contribution < -0.4 is 5.32 Å². The molecule has 1 saturated heterocycles. The highest BCUT2D eigenvalue weighted by Crippen LogP contribution is 2.34. The summed E-state index contributed by atoms with van der Waals surface area (Å²) in [5, 5.41) is 2.04. The zero-order chi connectivity index (χ0) is 14.0. The average molecular weight is 308 g/mol. The molecule has 8 heteroatoms. The number of halogens is 3. The van der Waals surface area contributed by atoms with E-state index in [0.717, 1.165) is 0 Å². The molecule has 1 aliphatic rings. The van der Waals surface area contributed by atoms with E-state index in [2.05, 4.69) is 9.47 Å². The maximum atomic E-state index is 13.7. The zero-order valence-electron chi connectivity index (χ0n) is 10.4. The van der Waals surface area contributed by atoms with Crippen LogP contribution in [0.3, 0.4) is 0 Å². The van der Waals surface area contributed by atoms with E-state index in [1.807, 2.05) is 5.32 Å². The number of alkyl carbamates (subject to hydrolysis) is 1. The van der Waals surface area contributed by atoms with E-state index in [0.29, 0.717) is 0 Å². The average Bonchev–Trinajstić information content (AvgIpc) is 2.41. The molecule has 0 aliphatic carbocycles. The molecule has 5 nitrogen and oxygen atoms in total. The van der Waals surface area contributed by atoms with Gasteiger partial charge in [0.15, 0.2) is 6.61 Å². The number of benzene rings is 1. The molecule has 1 aromatic carbocycles. The van der Waals surface area contributed by atoms with Gasteiger partial charge in [-0.1, -0.05) is 12.1 Å². The second-order valence-electron chi connectivity index (χ2n) is 4.03. The standard InChI is InChI=1S/C12H11F2NO4.ClH/c1-18-10(16)8-4-2-3-7(5-8)9-12(13,14)6-19-11(17)15-9;/h2-5,9H,6H2,1H3,(H,15,17);1H/t9-;/m1./s1. The number of carbonyl (C=O) groups excluding carboxylic acids is 2. The van der Waals surface area contributed by atoms with Crippen LogP contribution >= 0.6 is 12.4 Å². The van der Waals surface area contributed by atoms with Crippen LogP contribution in [0.1, 0.15) is 22.0 Å². The first-order valence-corrected chi connectivity index (χ1v) is 5.43. The second kappa shape index (κ2) is 6.04. The van der Waals surface area contributed by atoms with Crippen LogP contribution in [-0.2, 0) is 9.47 Å². The third kappa shape index (κ3) is 3.16. The number of carbonyl (C=O) groups is 2. The van der Waals surface area contributed by atoms with Gasteiger partial charge < -0.3 is 14.8 Å². The summed E-state index contributed by atoms with van der Waals surface area (Å²) in [5.41, 5.74) is 0.251. The number of cyclic esters (lactones) is 1. The minimum atomic E-state index is -3.25. The van der Waals surface area contributed by atoms with E-state index in [9.17, 15) is 18.4 Å². The van der Waals surface area contributed by atoms with Gasteiger partial charge in [-0.25, -0.2) is 18.4 Å².